The van der Waals surface area contributed by atoms with Crippen molar-refractivity contribution in [2.75, 3.05) is 0 Å². The van der Waals surface area contributed by atoms with E-state index in [1.165, 1.54) is 0 Å². The molecule has 29 heavy (non-hydrogen) atoms. The van der Waals surface area contributed by atoms with Gasteiger partial charge in [-0.15, -0.1) is 0 Å². The molecular formula is C12H25B7F6N2O2. The summed E-state index contributed by atoms with van der Waals surface area (Å²) in [5.41, 5.74) is -0.381. The Labute approximate surface area is 174 Å². The van der Waals surface area contributed by atoms with E-state index in [-0.39, 0.29) is 5.54 Å². The Morgan fingerprint density at radius 2 is 1.28 bits per heavy atom. The van der Waals surface area contributed by atoms with Crippen molar-refractivity contribution in [3.8, 4) is 0 Å². The number of nitrogens with zero attached hydrogens (tertiary/aromatic N) is 2. The van der Waals surface area contributed by atoms with Crippen molar-refractivity contribution < 1.29 is 35.9 Å². The fourth-order valence-corrected chi connectivity index (χ4v) is 4.63. The highest BCUT2D eigenvalue weighted by atomic mass is 19.4. The van der Waals surface area contributed by atoms with E-state index >= 15 is 0 Å². The molecule has 0 bridgehead atoms. The molecule has 0 aromatic rings. The third-order valence-corrected chi connectivity index (χ3v) is 6.36. The molecule has 158 valence electrons. The SMILES string of the molecule is BC1N(C(C)(C)C)C(B)(B)C(B)(B)N(C(=O)OC(C(F)(F)F)C(F)(F)F)C1(B)B. The minimum absolute atomic E-state index is 0.381. The van der Waals surface area contributed by atoms with Crippen LogP contribution in [0.2, 0.25) is 0 Å². The minimum Gasteiger partial charge on any atom is -0.427 e. The van der Waals surface area contributed by atoms with Crippen LogP contribution in [0.4, 0.5) is 31.1 Å². The first-order valence-corrected chi connectivity index (χ1v) is 9.35. The second-order valence-electron chi connectivity index (χ2n) is 10.2. The highest BCUT2D eigenvalue weighted by molar-refractivity contribution is 6.57. The van der Waals surface area contributed by atoms with E-state index in [4.69, 9.17) is 0 Å². The summed E-state index contributed by atoms with van der Waals surface area (Å²) in [5.74, 6) is -0.395. The molecule has 0 aromatic carbocycles. The van der Waals surface area contributed by atoms with Crippen molar-refractivity contribution in [3.05, 3.63) is 0 Å². The molecule has 1 rings (SSSR count). The fourth-order valence-electron chi connectivity index (χ4n) is 4.63. The van der Waals surface area contributed by atoms with Crippen LogP contribution in [0, 0.1) is 0 Å². The van der Waals surface area contributed by atoms with Crippen LogP contribution in [0.25, 0.3) is 0 Å². The number of ether oxygens (including phenoxy) is 1. The van der Waals surface area contributed by atoms with Gasteiger partial charge in [0.2, 0.25) is 0 Å². The zero-order chi connectivity index (χ0) is 23.6. The summed E-state index contributed by atoms with van der Waals surface area (Å²) in [4.78, 5) is 16.0. The zero-order valence-electron chi connectivity index (χ0n) is 18.6. The van der Waals surface area contributed by atoms with Gasteiger partial charge in [-0.25, -0.2) is 4.79 Å². The maximum Gasteiger partial charge on any atom is 0.434 e. The van der Waals surface area contributed by atoms with Crippen molar-refractivity contribution in [3.63, 3.8) is 0 Å². The lowest BCUT2D eigenvalue weighted by molar-refractivity contribution is -0.309. The van der Waals surface area contributed by atoms with Gasteiger partial charge >= 0.3 is 18.4 Å². The summed E-state index contributed by atoms with van der Waals surface area (Å²) in [7, 11) is 11.9. The van der Waals surface area contributed by atoms with Crippen LogP contribution >= 0.6 is 0 Å². The second kappa shape index (κ2) is 7.16. The summed E-state index contributed by atoms with van der Waals surface area (Å²) in [6, 6.07) is 0. The lowest BCUT2D eigenvalue weighted by atomic mass is 9.31. The Balaban J connectivity index is 3.53. The van der Waals surface area contributed by atoms with Crippen molar-refractivity contribution >= 4 is 61.0 Å². The first-order chi connectivity index (χ1) is 12.4. The number of carbonyl (C=O) groups is 1. The molecule has 0 N–H and O–H groups in total. The van der Waals surface area contributed by atoms with Crippen LogP contribution in [0.15, 0.2) is 0 Å². The highest BCUT2D eigenvalue weighted by Crippen LogP contribution is 2.43. The van der Waals surface area contributed by atoms with Crippen molar-refractivity contribution in [1.29, 1.82) is 0 Å². The predicted molar refractivity (Wildman–Crippen MR) is 118 cm³/mol. The Morgan fingerprint density at radius 3 is 1.59 bits per heavy atom. The van der Waals surface area contributed by atoms with Crippen LogP contribution in [-0.2, 0) is 4.74 Å². The number of hydrogen-bond acceptors (Lipinski definition) is 3. The molecule has 0 saturated carbocycles. The van der Waals surface area contributed by atoms with Crippen LogP contribution in [0.1, 0.15) is 20.8 Å². The first kappa shape index (κ1) is 26.3. The van der Waals surface area contributed by atoms with E-state index < -0.39 is 46.5 Å². The molecule has 4 nitrogen and oxygen atoms in total. The monoisotopic (exact) mass is 420 g/mol. The van der Waals surface area contributed by atoms with E-state index in [0.717, 1.165) is 4.90 Å². The van der Waals surface area contributed by atoms with Crippen LogP contribution < -0.4 is 0 Å². The van der Waals surface area contributed by atoms with Gasteiger partial charge in [0, 0.05) is 5.54 Å². The number of rotatable bonds is 1. The maximum absolute atomic E-state index is 13.0. The summed E-state index contributed by atoms with van der Waals surface area (Å²) < 4.78 is 81.8. The van der Waals surface area contributed by atoms with Gasteiger partial charge in [0.25, 0.3) is 6.10 Å². The van der Waals surface area contributed by atoms with Gasteiger partial charge in [0.1, 0.15) is 54.9 Å². The average Bonchev–Trinajstić information content (AvgIpc) is 2.38. The number of amides is 1. The van der Waals surface area contributed by atoms with Gasteiger partial charge in [0.15, 0.2) is 0 Å². The molecule has 0 radical (unpaired) electrons. The number of carbonyl (C=O) groups excluding carboxylic acids is 1. The van der Waals surface area contributed by atoms with Gasteiger partial charge in [0.05, 0.1) is 0 Å². The molecule has 1 amide bonds. The Bertz CT molecular complexity index is 636. The van der Waals surface area contributed by atoms with Crippen LogP contribution in [-0.4, -0.2) is 117 Å². The Kier molecular flexibility index (Phi) is 6.49. The molecule has 1 aliphatic rings. The lowest BCUT2D eigenvalue weighted by Crippen LogP contribution is -2.90. The first-order valence-electron chi connectivity index (χ1n) is 9.35. The van der Waals surface area contributed by atoms with Gasteiger partial charge in [-0.1, -0.05) is 0 Å². The summed E-state index contributed by atoms with van der Waals surface area (Å²) in [5, 5.41) is -3.08. The smallest absolute Gasteiger partial charge is 0.427 e. The van der Waals surface area contributed by atoms with Gasteiger partial charge in [-0.05, 0) is 42.7 Å². The second-order valence-corrected chi connectivity index (χ2v) is 10.2. The third-order valence-electron chi connectivity index (χ3n) is 6.36. The summed E-state index contributed by atoms with van der Waals surface area (Å²) >= 11 is 0. The molecule has 1 aliphatic heterocycles. The standard InChI is InChI=1S/C12H25B7F6N2O2/c1-7(2,3)26-5(13)8(14,15)27(12(18,19)11(26,16)17)6(28)29-4(9(20,21)22)10(23,24)25/h4-5H,13-19H2,1-3H3. The molecule has 1 unspecified atom stereocenters. The Morgan fingerprint density at radius 1 is 0.897 bits per heavy atom. The quantitative estimate of drug-likeness (QED) is 0.319. The van der Waals surface area contributed by atoms with Crippen LogP contribution in [0.5, 0.6) is 0 Å². The topological polar surface area (TPSA) is 32.8 Å². The Hall–Kier alpha value is -0.735. The van der Waals surface area contributed by atoms with E-state index in [1.807, 2.05) is 36.5 Å². The molecule has 1 saturated heterocycles. The molecule has 1 heterocycles. The van der Waals surface area contributed by atoms with E-state index in [9.17, 15) is 31.1 Å². The molecule has 0 aliphatic carbocycles. The molecular weight excluding hydrogens is 394 g/mol. The maximum atomic E-state index is 13.0. The van der Waals surface area contributed by atoms with Crippen LogP contribution in [0.3, 0.4) is 0 Å². The molecule has 1 fully saturated rings. The van der Waals surface area contributed by atoms with E-state index in [1.54, 1.807) is 39.2 Å². The number of piperazine rings is 1. The highest BCUT2D eigenvalue weighted by Gasteiger charge is 2.64. The van der Waals surface area contributed by atoms with E-state index in [0.29, 0.717) is 0 Å². The van der Waals surface area contributed by atoms with E-state index in [2.05, 4.69) is 9.64 Å². The third kappa shape index (κ3) is 4.49. The summed E-state index contributed by atoms with van der Waals surface area (Å²) in [6.07, 6.45) is -17.4. The predicted octanol–water partition coefficient (Wildman–Crippen LogP) is -4.25. The number of halogens is 6. The van der Waals surface area contributed by atoms with Gasteiger partial charge < -0.3 is 14.5 Å². The number of alkyl halides is 6. The molecule has 17 heteroatoms. The van der Waals surface area contributed by atoms with Gasteiger partial charge in [-0.3, -0.25) is 0 Å². The minimum atomic E-state index is -5.77. The largest absolute Gasteiger partial charge is 0.434 e. The van der Waals surface area contributed by atoms with Crippen molar-refractivity contribution in [1.82, 2.24) is 9.80 Å². The molecule has 0 aromatic heterocycles. The normalized spacial score (nSPS) is 25.0. The molecule has 0 spiro atoms. The average molecular weight is 419 g/mol. The molecule has 1 atom stereocenters. The lowest BCUT2D eigenvalue weighted by Gasteiger charge is -2.71. The number of hydrogen-bond donors (Lipinski definition) is 0. The fraction of sp³-hybridized carbons (Fsp3) is 0.917. The van der Waals surface area contributed by atoms with Crippen molar-refractivity contribution in [2.24, 2.45) is 0 Å². The van der Waals surface area contributed by atoms with Gasteiger partial charge in [-0.2, -0.15) is 26.3 Å². The van der Waals surface area contributed by atoms with Crippen molar-refractivity contribution in [2.45, 2.75) is 66.7 Å². The summed E-state index contributed by atoms with van der Waals surface area (Å²) in [6.45, 7) is 5.90. The zero-order valence-corrected chi connectivity index (χ0v) is 18.6.